The normalized spacial score (nSPS) is 16.8. The molecule has 1 fully saturated rings. The number of hydrogen-bond acceptors (Lipinski definition) is 1. The van der Waals surface area contributed by atoms with Crippen LogP contribution in [0.5, 0.6) is 0 Å². The Morgan fingerprint density at radius 1 is 1.22 bits per heavy atom. The van der Waals surface area contributed by atoms with Crippen molar-refractivity contribution >= 4 is 23.2 Å². The van der Waals surface area contributed by atoms with Gasteiger partial charge >= 0.3 is 0 Å². The Balaban J connectivity index is 2.03. The number of hydrogen-bond donors (Lipinski definition) is 1. The Hall–Kier alpha value is -0.240. The van der Waals surface area contributed by atoms with Crippen molar-refractivity contribution in [3.05, 3.63) is 33.8 Å². The third-order valence-electron chi connectivity index (χ3n) is 3.49. The van der Waals surface area contributed by atoms with Gasteiger partial charge in [-0.2, -0.15) is 0 Å². The molecule has 3 heteroatoms. The number of rotatable bonds is 7. The molecule has 0 bridgehead atoms. The second-order valence-electron chi connectivity index (χ2n) is 5.23. The van der Waals surface area contributed by atoms with E-state index in [1.54, 1.807) is 6.07 Å². The second kappa shape index (κ2) is 6.79. The number of benzene rings is 1. The van der Waals surface area contributed by atoms with Crippen molar-refractivity contribution in [3.63, 3.8) is 0 Å². The summed E-state index contributed by atoms with van der Waals surface area (Å²) in [5.41, 5.74) is 1.22. The predicted octanol–water partition coefficient (Wildman–Crippen LogP) is 5.22. The lowest BCUT2D eigenvalue weighted by molar-refractivity contribution is 0.470. The van der Waals surface area contributed by atoms with E-state index >= 15 is 0 Å². The van der Waals surface area contributed by atoms with Crippen LogP contribution in [-0.4, -0.2) is 6.54 Å². The van der Waals surface area contributed by atoms with E-state index in [0.717, 1.165) is 28.9 Å². The molecule has 1 nitrogen and oxygen atoms in total. The van der Waals surface area contributed by atoms with Gasteiger partial charge in [-0.25, -0.2) is 0 Å². The molecule has 0 aromatic heterocycles. The van der Waals surface area contributed by atoms with Crippen molar-refractivity contribution in [2.45, 2.75) is 45.1 Å². The van der Waals surface area contributed by atoms with Crippen molar-refractivity contribution in [1.82, 2.24) is 5.32 Å². The van der Waals surface area contributed by atoms with Crippen molar-refractivity contribution in [3.8, 4) is 0 Å². The minimum absolute atomic E-state index is 0.391. The van der Waals surface area contributed by atoms with Crippen LogP contribution in [0.2, 0.25) is 10.0 Å². The minimum atomic E-state index is 0.391. The number of nitrogens with one attached hydrogen (secondary N) is 1. The lowest BCUT2D eigenvalue weighted by Gasteiger charge is -2.19. The summed E-state index contributed by atoms with van der Waals surface area (Å²) >= 11 is 12.2. The summed E-state index contributed by atoms with van der Waals surface area (Å²) in [5, 5.41) is 5.06. The highest BCUT2D eigenvalue weighted by molar-refractivity contribution is 6.34. The standard InChI is InChI=1S/C15H21Cl2N/c1-2-7-18-15(6-5-11-3-4-11)12-8-13(16)10-14(17)9-12/h8-11,15,18H,2-7H2,1H3. The monoisotopic (exact) mass is 285 g/mol. The maximum Gasteiger partial charge on any atom is 0.0424 e. The van der Waals surface area contributed by atoms with E-state index in [0.29, 0.717) is 6.04 Å². The van der Waals surface area contributed by atoms with Crippen LogP contribution in [0.3, 0.4) is 0 Å². The van der Waals surface area contributed by atoms with Gasteiger partial charge in [0.05, 0.1) is 0 Å². The Kier molecular flexibility index (Phi) is 5.35. The molecule has 1 aliphatic rings. The predicted molar refractivity (Wildman–Crippen MR) is 79.5 cm³/mol. The summed E-state index contributed by atoms with van der Waals surface area (Å²) in [6.45, 7) is 3.23. The maximum absolute atomic E-state index is 6.09. The molecule has 100 valence electrons. The van der Waals surface area contributed by atoms with Crippen LogP contribution in [0.25, 0.3) is 0 Å². The Bertz CT molecular complexity index is 368. The summed E-state index contributed by atoms with van der Waals surface area (Å²) < 4.78 is 0. The molecular weight excluding hydrogens is 265 g/mol. The molecule has 1 aromatic rings. The first-order chi connectivity index (χ1) is 8.69. The van der Waals surface area contributed by atoms with Crippen LogP contribution in [0.1, 0.15) is 50.6 Å². The Labute approximate surface area is 120 Å². The zero-order valence-electron chi connectivity index (χ0n) is 10.9. The number of halogens is 2. The average Bonchev–Trinajstić information content (AvgIpc) is 3.11. The summed E-state index contributed by atoms with van der Waals surface area (Å²) in [5.74, 6) is 0.964. The first-order valence-electron chi connectivity index (χ1n) is 6.88. The van der Waals surface area contributed by atoms with E-state index in [1.807, 2.05) is 12.1 Å². The molecule has 0 radical (unpaired) electrons. The highest BCUT2D eigenvalue weighted by atomic mass is 35.5. The zero-order valence-corrected chi connectivity index (χ0v) is 12.4. The quantitative estimate of drug-likeness (QED) is 0.724. The fourth-order valence-corrected chi connectivity index (χ4v) is 2.83. The zero-order chi connectivity index (χ0) is 13.0. The molecular formula is C15H21Cl2N. The van der Waals surface area contributed by atoms with Gasteiger partial charge in [0.25, 0.3) is 0 Å². The van der Waals surface area contributed by atoms with Crippen LogP contribution < -0.4 is 5.32 Å². The Morgan fingerprint density at radius 2 is 1.89 bits per heavy atom. The topological polar surface area (TPSA) is 12.0 Å². The van der Waals surface area contributed by atoms with Crippen LogP contribution in [-0.2, 0) is 0 Å². The van der Waals surface area contributed by atoms with E-state index in [9.17, 15) is 0 Å². The molecule has 1 aliphatic carbocycles. The summed E-state index contributed by atoms with van der Waals surface area (Å²) in [6, 6.07) is 6.26. The van der Waals surface area contributed by atoms with Crippen molar-refractivity contribution in [2.24, 2.45) is 5.92 Å². The van der Waals surface area contributed by atoms with Gasteiger partial charge in [-0.05, 0) is 55.5 Å². The molecule has 1 saturated carbocycles. The van der Waals surface area contributed by atoms with Gasteiger partial charge in [-0.15, -0.1) is 0 Å². The maximum atomic E-state index is 6.09. The summed E-state index contributed by atoms with van der Waals surface area (Å²) in [4.78, 5) is 0. The van der Waals surface area contributed by atoms with Gasteiger partial charge in [0, 0.05) is 16.1 Å². The van der Waals surface area contributed by atoms with Gasteiger partial charge in [0.15, 0.2) is 0 Å². The van der Waals surface area contributed by atoms with Gasteiger partial charge in [-0.3, -0.25) is 0 Å². The molecule has 1 aromatic carbocycles. The van der Waals surface area contributed by atoms with E-state index in [-0.39, 0.29) is 0 Å². The molecule has 1 N–H and O–H groups in total. The van der Waals surface area contributed by atoms with Gasteiger partial charge in [-0.1, -0.05) is 43.0 Å². The molecule has 1 unspecified atom stereocenters. The SMILES string of the molecule is CCCNC(CCC1CC1)c1cc(Cl)cc(Cl)c1. The average molecular weight is 286 g/mol. The molecule has 0 saturated heterocycles. The highest BCUT2D eigenvalue weighted by Crippen LogP contribution is 2.36. The highest BCUT2D eigenvalue weighted by Gasteiger charge is 2.23. The lowest BCUT2D eigenvalue weighted by Crippen LogP contribution is -2.22. The first kappa shape index (κ1) is 14.2. The minimum Gasteiger partial charge on any atom is -0.310 e. The van der Waals surface area contributed by atoms with E-state index in [2.05, 4.69) is 12.2 Å². The van der Waals surface area contributed by atoms with Crippen LogP contribution >= 0.6 is 23.2 Å². The van der Waals surface area contributed by atoms with E-state index in [1.165, 1.54) is 31.2 Å². The van der Waals surface area contributed by atoms with Gasteiger partial charge in [0.2, 0.25) is 0 Å². The molecule has 0 amide bonds. The third-order valence-corrected chi connectivity index (χ3v) is 3.92. The van der Waals surface area contributed by atoms with Crippen molar-refractivity contribution in [1.29, 1.82) is 0 Å². The summed E-state index contributed by atoms with van der Waals surface area (Å²) in [7, 11) is 0. The molecule has 1 atom stereocenters. The van der Waals surface area contributed by atoms with Gasteiger partial charge in [0.1, 0.15) is 0 Å². The van der Waals surface area contributed by atoms with Crippen molar-refractivity contribution in [2.75, 3.05) is 6.54 Å². The van der Waals surface area contributed by atoms with Crippen LogP contribution in [0.15, 0.2) is 18.2 Å². The fraction of sp³-hybridized carbons (Fsp3) is 0.600. The Morgan fingerprint density at radius 3 is 2.44 bits per heavy atom. The lowest BCUT2D eigenvalue weighted by atomic mass is 10.0. The van der Waals surface area contributed by atoms with E-state index in [4.69, 9.17) is 23.2 Å². The molecule has 0 aliphatic heterocycles. The molecule has 0 heterocycles. The van der Waals surface area contributed by atoms with Crippen molar-refractivity contribution < 1.29 is 0 Å². The van der Waals surface area contributed by atoms with E-state index < -0.39 is 0 Å². The van der Waals surface area contributed by atoms with Crippen LogP contribution in [0.4, 0.5) is 0 Å². The molecule has 2 rings (SSSR count). The first-order valence-corrected chi connectivity index (χ1v) is 7.64. The smallest absolute Gasteiger partial charge is 0.0424 e. The van der Waals surface area contributed by atoms with Gasteiger partial charge < -0.3 is 5.32 Å². The fourth-order valence-electron chi connectivity index (χ4n) is 2.29. The molecule has 18 heavy (non-hydrogen) atoms. The molecule has 0 spiro atoms. The van der Waals surface area contributed by atoms with Crippen LogP contribution in [0, 0.1) is 5.92 Å². The summed E-state index contributed by atoms with van der Waals surface area (Å²) in [6.07, 6.45) is 6.47. The second-order valence-corrected chi connectivity index (χ2v) is 6.10. The third kappa shape index (κ3) is 4.46. The largest absolute Gasteiger partial charge is 0.310 e.